The minimum atomic E-state index is -0.337. The Morgan fingerprint density at radius 2 is 1.96 bits per heavy atom. The Morgan fingerprint density at radius 3 is 2.70 bits per heavy atom. The Bertz CT molecular complexity index is 923. The zero-order valence-electron chi connectivity index (χ0n) is 16.1. The molecule has 8 heteroatoms. The zero-order chi connectivity index (χ0) is 19.6. The number of aromatic nitrogens is 2. The summed E-state index contributed by atoms with van der Waals surface area (Å²) >= 11 is 1.61. The van der Waals surface area contributed by atoms with Crippen LogP contribution in [0.15, 0.2) is 11.1 Å². The molecule has 2 aromatic heterocycles. The van der Waals surface area contributed by atoms with Crippen LogP contribution in [0, 0.1) is 0 Å². The van der Waals surface area contributed by atoms with Crippen LogP contribution in [0.5, 0.6) is 0 Å². The van der Waals surface area contributed by atoms with Gasteiger partial charge in [-0.25, -0.2) is 4.98 Å². The minimum absolute atomic E-state index is 0.0691. The molecule has 3 rings (SSSR count). The van der Waals surface area contributed by atoms with Gasteiger partial charge in [-0.2, -0.15) is 0 Å². The predicted molar refractivity (Wildman–Crippen MR) is 106 cm³/mol. The standard InChI is InChI=1S/C19H26N4O3S/c1-19(2,3)22-15(25)10-20-14(24)8-9-23-11-21-17-16(18(23)26)12-6-4-5-7-13(12)27-17/h11H,4-10H2,1-3H3,(H,20,24)(H,22,25). The van der Waals surface area contributed by atoms with Crippen molar-refractivity contribution in [3.8, 4) is 0 Å². The number of hydrogen-bond acceptors (Lipinski definition) is 5. The third-order valence-corrected chi connectivity index (χ3v) is 5.68. The van der Waals surface area contributed by atoms with Crippen molar-refractivity contribution >= 4 is 33.4 Å². The Balaban J connectivity index is 1.62. The van der Waals surface area contributed by atoms with Crippen LogP contribution in [0.1, 0.15) is 50.5 Å². The third-order valence-electron chi connectivity index (χ3n) is 4.48. The molecular formula is C19H26N4O3S. The molecule has 0 aliphatic heterocycles. The van der Waals surface area contributed by atoms with Gasteiger partial charge in [0, 0.05) is 23.4 Å². The summed E-state index contributed by atoms with van der Waals surface area (Å²) in [6.45, 7) is 5.82. The van der Waals surface area contributed by atoms with E-state index in [4.69, 9.17) is 0 Å². The van der Waals surface area contributed by atoms with Crippen molar-refractivity contribution in [2.24, 2.45) is 0 Å². The molecule has 2 heterocycles. The highest BCUT2D eigenvalue weighted by Crippen LogP contribution is 2.33. The van der Waals surface area contributed by atoms with Crippen LogP contribution in [-0.2, 0) is 29.0 Å². The van der Waals surface area contributed by atoms with E-state index >= 15 is 0 Å². The number of carbonyl (C=O) groups excluding carboxylic acids is 2. The van der Waals surface area contributed by atoms with Crippen molar-refractivity contribution < 1.29 is 9.59 Å². The van der Waals surface area contributed by atoms with Crippen molar-refractivity contribution in [2.45, 2.75) is 65.0 Å². The van der Waals surface area contributed by atoms with E-state index in [9.17, 15) is 14.4 Å². The van der Waals surface area contributed by atoms with Gasteiger partial charge in [0.15, 0.2) is 0 Å². The molecule has 146 valence electrons. The first-order valence-electron chi connectivity index (χ1n) is 9.32. The summed E-state index contributed by atoms with van der Waals surface area (Å²) in [6.07, 6.45) is 5.87. The first kappa shape index (κ1) is 19.5. The predicted octanol–water partition coefficient (Wildman–Crippen LogP) is 1.76. The highest BCUT2D eigenvalue weighted by Gasteiger charge is 2.20. The minimum Gasteiger partial charge on any atom is -0.350 e. The van der Waals surface area contributed by atoms with Crippen molar-refractivity contribution in [3.63, 3.8) is 0 Å². The van der Waals surface area contributed by atoms with Crippen LogP contribution in [0.4, 0.5) is 0 Å². The summed E-state index contributed by atoms with van der Waals surface area (Å²) in [4.78, 5) is 43.1. The van der Waals surface area contributed by atoms with Gasteiger partial charge in [0.2, 0.25) is 11.8 Å². The third kappa shape index (κ3) is 4.74. The number of rotatable bonds is 5. The van der Waals surface area contributed by atoms with E-state index in [1.54, 1.807) is 11.3 Å². The number of aryl methyl sites for hydroxylation is 3. The van der Waals surface area contributed by atoms with Gasteiger partial charge in [0.05, 0.1) is 18.3 Å². The Morgan fingerprint density at radius 1 is 1.22 bits per heavy atom. The molecule has 2 N–H and O–H groups in total. The maximum absolute atomic E-state index is 12.8. The van der Waals surface area contributed by atoms with Gasteiger partial charge in [0.1, 0.15) is 4.83 Å². The number of nitrogens with one attached hydrogen (secondary N) is 2. The van der Waals surface area contributed by atoms with Gasteiger partial charge in [0.25, 0.3) is 5.56 Å². The van der Waals surface area contributed by atoms with Crippen LogP contribution in [-0.4, -0.2) is 33.4 Å². The van der Waals surface area contributed by atoms with Gasteiger partial charge < -0.3 is 10.6 Å². The number of thiophene rings is 1. The topological polar surface area (TPSA) is 93.1 Å². The average molecular weight is 391 g/mol. The van der Waals surface area contributed by atoms with Crippen LogP contribution in [0.25, 0.3) is 10.2 Å². The van der Waals surface area contributed by atoms with Crippen LogP contribution < -0.4 is 16.2 Å². The Hall–Kier alpha value is -2.22. The lowest BCUT2D eigenvalue weighted by Crippen LogP contribution is -2.46. The average Bonchev–Trinajstić information content (AvgIpc) is 2.97. The van der Waals surface area contributed by atoms with E-state index in [0.717, 1.165) is 41.5 Å². The molecule has 1 aliphatic carbocycles. The van der Waals surface area contributed by atoms with Gasteiger partial charge in [-0.15, -0.1) is 11.3 Å². The van der Waals surface area contributed by atoms with Crippen molar-refractivity contribution in [1.29, 1.82) is 0 Å². The Labute approximate surface area is 162 Å². The van der Waals surface area contributed by atoms with E-state index in [1.807, 2.05) is 20.8 Å². The quantitative estimate of drug-likeness (QED) is 0.814. The second-order valence-electron chi connectivity index (χ2n) is 7.96. The molecule has 2 aromatic rings. The van der Waals surface area contributed by atoms with E-state index in [0.29, 0.717) is 0 Å². The molecule has 7 nitrogen and oxygen atoms in total. The molecule has 0 aromatic carbocycles. The van der Waals surface area contributed by atoms with Gasteiger partial charge >= 0.3 is 0 Å². The van der Waals surface area contributed by atoms with E-state index in [1.165, 1.54) is 15.8 Å². The lowest BCUT2D eigenvalue weighted by molar-refractivity contribution is -0.127. The van der Waals surface area contributed by atoms with Gasteiger partial charge in [-0.3, -0.25) is 19.0 Å². The summed E-state index contributed by atoms with van der Waals surface area (Å²) in [7, 11) is 0. The van der Waals surface area contributed by atoms with E-state index in [2.05, 4.69) is 15.6 Å². The fourth-order valence-corrected chi connectivity index (χ4v) is 4.51. The molecule has 0 fully saturated rings. The van der Waals surface area contributed by atoms with Crippen molar-refractivity contribution in [3.05, 3.63) is 27.1 Å². The largest absolute Gasteiger partial charge is 0.350 e. The molecule has 2 amide bonds. The van der Waals surface area contributed by atoms with Gasteiger partial charge in [-0.1, -0.05) is 0 Å². The van der Waals surface area contributed by atoms with Crippen molar-refractivity contribution in [1.82, 2.24) is 20.2 Å². The highest BCUT2D eigenvalue weighted by molar-refractivity contribution is 7.18. The molecule has 0 saturated carbocycles. The monoisotopic (exact) mass is 390 g/mol. The fourth-order valence-electron chi connectivity index (χ4n) is 3.29. The molecule has 0 bridgehead atoms. The second kappa shape index (κ2) is 7.80. The molecule has 0 atom stereocenters. The summed E-state index contributed by atoms with van der Waals surface area (Å²) in [5.41, 5.74) is 0.740. The SMILES string of the molecule is CC(C)(C)NC(=O)CNC(=O)CCn1cnc2sc3c(c2c1=O)CCCC3. The van der Waals surface area contributed by atoms with E-state index in [-0.39, 0.29) is 42.4 Å². The molecule has 1 aliphatic rings. The number of nitrogens with zero attached hydrogens (tertiary/aromatic N) is 2. The molecule has 0 unspecified atom stereocenters. The zero-order valence-corrected chi connectivity index (χ0v) is 16.9. The second-order valence-corrected chi connectivity index (χ2v) is 9.04. The maximum Gasteiger partial charge on any atom is 0.262 e. The number of fused-ring (bicyclic) bond motifs is 3. The first-order chi connectivity index (χ1) is 12.7. The van der Waals surface area contributed by atoms with Gasteiger partial charge in [-0.05, 0) is 52.0 Å². The molecule has 0 radical (unpaired) electrons. The summed E-state index contributed by atoms with van der Waals surface area (Å²) < 4.78 is 1.50. The normalized spacial score (nSPS) is 14.0. The van der Waals surface area contributed by atoms with Crippen LogP contribution in [0.3, 0.4) is 0 Å². The molecular weight excluding hydrogens is 364 g/mol. The van der Waals surface area contributed by atoms with Crippen molar-refractivity contribution in [2.75, 3.05) is 6.54 Å². The number of carbonyl (C=O) groups is 2. The molecule has 27 heavy (non-hydrogen) atoms. The maximum atomic E-state index is 12.8. The lowest BCUT2D eigenvalue weighted by atomic mass is 9.97. The number of hydrogen-bond donors (Lipinski definition) is 2. The molecule has 0 saturated heterocycles. The molecule has 0 spiro atoms. The smallest absolute Gasteiger partial charge is 0.262 e. The van der Waals surface area contributed by atoms with E-state index < -0.39 is 0 Å². The highest BCUT2D eigenvalue weighted by atomic mass is 32.1. The lowest BCUT2D eigenvalue weighted by Gasteiger charge is -2.20. The fraction of sp³-hybridized carbons (Fsp3) is 0.579. The summed E-state index contributed by atoms with van der Waals surface area (Å²) in [6, 6.07) is 0. The first-order valence-corrected chi connectivity index (χ1v) is 10.1. The summed E-state index contributed by atoms with van der Waals surface area (Å²) in [5, 5.41) is 6.10. The number of amides is 2. The van der Waals surface area contributed by atoms with Crippen LogP contribution >= 0.6 is 11.3 Å². The summed E-state index contributed by atoms with van der Waals surface area (Å²) in [5.74, 6) is -0.501. The van der Waals surface area contributed by atoms with Crippen LogP contribution in [0.2, 0.25) is 0 Å². The Kier molecular flexibility index (Phi) is 5.64.